The Labute approximate surface area is 157 Å². The molecule has 142 valence electrons. The molecule has 27 heavy (non-hydrogen) atoms. The Bertz CT molecular complexity index is 869. The molecule has 0 saturated heterocycles. The van der Waals surface area contributed by atoms with E-state index < -0.39 is 22.7 Å². The van der Waals surface area contributed by atoms with Crippen molar-refractivity contribution in [2.24, 2.45) is 10.9 Å². The minimum Gasteiger partial charge on any atom is -0.462 e. The van der Waals surface area contributed by atoms with Gasteiger partial charge in [0.2, 0.25) is 0 Å². The number of carbonyl (C=O) groups is 2. The number of Topliss-reactive ketones (excluding diaryl/α,β-unsaturated/α-hetero) is 1. The number of nitro benzene ring substituents is 1. The average Bonchev–Trinajstić information content (AvgIpc) is 2.60. The molecule has 1 aromatic rings. The topological polar surface area (TPSA) is 98.9 Å². The third-order valence-electron chi connectivity index (χ3n) is 4.88. The molecule has 1 aliphatic carbocycles. The van der Waals surface area contributed by atoms with Crippen molar-refractivity contribution >= 4 is 23.2 Å². The van der Waals surface area contributed by atoms with Crippen LogP contribution in [0.5, 0.6) is 0 Å². The summed E-state index contributed by atoms with van der Waals surface area (Å²) in [6, 6.07) is 6.13. The first-order valence-electron chi connectivity index (χ1n) is 9.06. The van der Waals surface area contributed by atoms with Crippen molar-refractivity contribution in [3.05, 3.63) is 51.2 Å². The SMILES string of the molecule is CC1=NC2=C(C(=O)CCC2)[C@H](c2cccc([N+](=O)[O-])c2)C1C(=O)OC(C)C. The van der Waals surface area contributed by atoms with Crippen LogP contribution in [-0.2, 0) is 14.3 Å². The van der Waals surface area contributed by atoms with Crippen LogP contribution in [0.3, 0.4) is 0 Å². The van der Waals surface area contributed by atoms with E-state index in [9.17, 15) is 19.7 Å². The van der Waals surface area contributed by atoms with Gasteiger partial charge in [0.1, 0.15) is 5.92 Å². The third-order valence-corrected chi connectivity index (χ3v) is 4.88. The van der Waals surface area contributed by atoms with Gasteiger partial charge in [-0.15, -0.1) is 0 Å². The smallest absolute Gasteiger partial charge is 0.315 e. The monoisotopic (exact) mass is 370 g/mol. The maximum absolute atomic E-state index is 12.8. The van der Waals surface area contributed by atoms with Crippen molar-refractivity contribution in [1.82, 2.24) is 0 Å². The Balaban J connectivity index is 2.16. The zero-order valence-electron chi connectivity index (χ0n) is 15.6. The van der Waals surface area contributed by atoms with Gasteiger partial charge in [0.25, 0.3) is 5.69 Å². The maximum Gasteiger partial charge on any atom is 0.315 e. The van der Waals surface area contributed by atoms with Crippen molar-refractivity contribution in [3.8, 4) is 0 Å². The van der Waals surface area contributed by atoms with Gasteiger partial charge >= 0.3 is 5.97 Å². The molecule has 0 radical (unpaired) electrons. The number of hydrogen-bond acceptors (Lipinski definition) is 6. The summed E-state index contributed by atoms with van der Waals surface area (Å²) in [7, 11) is 0. The number of rotatable bonds is 4. The van der Waals surface area contributed by atoms with E-state index >= 15 is 0 Å². The molecule has 7 nitrogen and oxygen atoms in total. The van der Waals surface area contributed by atoms with Crippen molar-refractivity contribution < 1.29 is 19.2 Å². The van der Waals surface area contributed by atoms with Gasteiger partial charge in [0.05, 0.1) is 11.0 Å². The lowest BCUT2D eigenvalue weighted by Gasteiger charge is -2.34. The molecule has 1 unspecified atom stereocenters. The molecule has 1 aromatic carbocycles. The van der Waals surface area contributed by atoms with Crippen LogP contribution < -0.4 is 0 Å². The van der Waals surface area contributed by atoms with Crippen LogP contribution in [0.1, 0.15) is 51.5 Å². The van der Waals surface area contributed by atoms with Crippen molar-refractivity contribution in [2.45, 2.75) is 52.1 Å². The van der Waals surface area contributed by atoms with E-state index in [-0.39, 0.29) is 17.6 Å². The van der Waals surface area contributed by atoms with Gasteiger partial charge in [0.15, 0.2) is 5.78 Å². The molecule has 3 rings (SSSR count). The molecule has 0 spiro atoms. The Kier molecular flexibility index (Phi) is 5.21. The molecule has 2 aliphatic rings. The molecule has 7 heteroatoms. The van der Waals surface area contributed by atoms with Crippen LogP contribution in [0.25, 0.3) is 0 Å². The number of benzene rings is 1. The summed E-state index contributed by atoms with van der Waals surface area (Å²) >= 11 is 0. The Hall–Kier alpha value is -2.83. The van der Waals surface area contributed by atoms with Crippen LogP contribution in [0, 0.1) is 16.0 Å². The predicted molar refractivity (Wildman–Crippen MR) is 99.5 cm³/mol. The number of ketones is 1. The van der Waals surface area contributed by atoms with Crippen LogP contribution in [0.4, 0.5) is 5.69 Å². The fourth-order valence-corrected chi connectivity index (χ4v) is 3.81. The molecule has 0 saturated carbocycles. The van der Waals surface area contributed by atoms with Crippen LogP contribution in [-0.4, -0.2) is 28.5 Å². The van der Waals surface area contributed by atoms with E-state index in [1.165, 1.54) is 12.1 Å². The lowest BCUT2D eigenvalue weighted by Crippen LogP contribution is -2.38. The Morgan fingerprint density at radius 2 is 2.07 bits per heavy atom. The number of hydrogen-bond donors (Lipinski definition) is 0. The van der Waals surface area contributed by atoms with E-state index in [1.54, 1.807) is 32.9 Å². The zero-order valence-corrected chi connectivity index (χ0v) is 15.6. The average molecular weight is 370 g/mol. The van der Waals surface area contributed by atoms with Crippen LogP contribution >= 0.6 is 0 Å². The second-order valence-corrected chi connectivity index (χ2v) is 7.18. The van der Waals surface area contributed by atoms with Crippen molar-refractivity contribution in [3.63, 3.8) is 0 Å². The van der Waals surface area contributed by atoms with Gasteiger partial charge in [-0.3, -0.25) is 24.7 Å². The largest absolute Gasteiger partial charge is 0.462 e. The van der Waals surface area contributed by atoms with Gasteiger partial charge in [-0.1, -0.05) is 12.1 Å². The molecule has 0 fully saturated rings. The van der Waals surface area contributed by atoms with Gasteiger partial charge in [-0.05, 0) is 39.2 Å². The standard InChI is InChI=1S/C20H22N2O5/c1-11(2)27-20(24)17-12(3)21-15-8-5-9-16(23)19(15)18(17)13-6-4-7-14(10-13)22(25)26/h4,6-7,10-11,17-18H,5,8-9H2,1-3H3/t17?,18-/m1/s1. The predicted octanol–water partition coefficient (Wildman–Crippen LogP) is 3.73. The molecule has 1 aliphatic heterocycles. The van der Waals surface area contributed by atoms with Crippen molar-refractivity contribution in [2.75, 3.05) is 0 Å². The second-order valence-electron chi connectivity index (χ2n) is 7.18. The highest BCUT2D eigenvalue weighted by atomic mass is 16.6. The Morgan fingerprint density at radius 1 is 1.33 bits per heavy atom. The molecule has 0 bridgehead atoms. The number of nitro groups is 1. The molecular formula is C20H22N2O5. The third kappa shape index (κ3) is 3.67. The minimum atomic E-state index is -0.768. The van der Waals surface area contributed by atoms with Gasteiger partial charge in [-0.25, -0.2) is 0 Å². The van der Waals surface area contributed by atoms with Crippen LogP contribution in [0.15, 0.2) is 40.5 Å². The molecule has 0 aromatic heterocycles. The van der Waals surface area contributed by atoms with Crippen LogP contribution in [0.2, 0.25) is 0 Å². The summed E-state index contributed by atoms with van der Waals surface area (Å²) in [4.78, 5) is 40.8. The highest BCUT2D eigenvalue weighted by Gasteiger charge is 2.43. The number of nitrogens with zero attached hydrogens (tertiary/aromatic N) is 2. The summed E-state index contributed by atoms with van der Waals surface area (Å²) in [6.45, 7) is 5.26. The molecule has 2 atom stereocenters. The number of esters is 1. The lowest BCUT2D eigenvalue weighted by molar-refractivity contribution is -0.384. The van der Waals surface area contributed by atoms with E-state index in [0.29, 0.717) is 35.4 Å². The number of carbonyl (C=O) groups excluding carboxylic acids is 2. The van der Waals surface area contributed by atoms with Crippen molar-refractivity contribution in [1.29, 1.82) is 0 Å². The second kappa shape index (κ2) is 7.42. The summed E-state index contributed by atoms with van der Waals surface area (Å²) < 4.78 is 5.42. The summed E-state index contributed by atoms with van der Waals surface area (Å²) in [5, 5.41) is 11.2. The van der Waals surface area contributed by atoms with Gasteiger partial charge < -0.3 is 4.74 Å². The number of ether oxygens (including phenoxy) is 1. The molecular weight excluding hydrogens is 348 g/mol. The van der Waals surface area contributed by atoms with E-state index in [2.05, 4.69) is 4.99 Å². The summed E-state index contributed by atoms with van der Waals surface area (Å²) in [5.74, 6) is -1.90. The number of aliphatic imine (C=N–C) groups is 1. The highest BCUT2D eigenvalue weighted by molar-refractivity contribution is 6.08. The van der Waals surface area contributed by atoms with Gasteiger partial charge in [0, 0.05) is 41.5 Å². The highest BCUT2D eigenvalue weighted by Crippen LogP contribution is 2.44. The molecule has 1 heterocycles. The fraction of sp³-hybridized carbons (Fsp3) is 0.450. The number of non-ortho nitro benzene ring substituents is 1. The quantitative estimate of drug-likeness (QED) is 0.457. The number of allylic oxidation sites excluding steroid dienone is 2. The molecule has 0 N–H and O–H groups in total. The lowest BCUT2D eigenvalue weighted by atomic mass is 9.71. The first-order chi connectivity index (χ1) is 12.8. The first kappa shape index (κ1) is 18.9. The van der Waals surface area contributed by atoms with Gasteiger partial charge in [-0.2, -0.15) is 0 Å². The summed E-state index contributed by atoms with van der Waals surface area (Å²) in [5.41, 5.74) is 2.25. The minimum absolute atomic E-state index is 0.0497. The summed E-state index contributed by atoms with van der Waals surface area (Å²) in [6.07, 6.45) is 1.46. The Morgan fingerprint density at radius 3 is 2.74 bits per heavy atom. The maximum atomic E-state index is 12.8. The normalized spacial score (nSPS) is 22.4. The van der Waals surface area contributed by atoms with E-state index in [1.807, 2.05) is 0 Å². The first-order valence-corrected chi connectivity index (χ1v) is 9.06. The fourth-order valence-electron chi connectivity index (χ4n) is 3.81. The molecule has 0 amide bonds. The zero-order chi connectivity index (χ0) is 19.7. The van der Waals surface area contributed by atoms with E-state index in [4.69, 9.17) is 4.74 Å². The van der Waals surface area contributed by atoms with E-state index in [0.717, 1.165) is 6.42 Å².